The molecule has 1 aliphatic rings. The molecule has 1 aliphatic heterocycles. The lowest BCUT2D eigenvalue weighted by atomic mass is 10.1. The van der Waals surface area contributed by atoms with E-state index in [-0.39, 0.29) is 16.6 Å². The molecule has 154 valence electrons. The smallest absolute Gasteiger partial charge is 0.330 e. The van der Waals surface area contributed by atoms with Gasteiger partial charge >= 0.3 is 5.69 Å². The molecule has 0 saturated carbocycles. The normalized spacial score (nSPS) is 26.5. The molecule has 8 nitrogen and oxygen atoms in total. The highest BCUT2D eigenvalue weighted by Gasteiger charge is 2.53. The molecule has 1 fully saturated rings. The maximum absolute atomic E-state index is 12.3. The van der Waals surface area contributed by atoms with Crippen molar-refractivity contribution in [2.24, 2.45) is 0 Å². The molecule has 0 radical (unpaired) electrons. The molecule has 1 aromatic rings. The van der Waals surface area contributed by atoms with Gasteiger partial charge < -0.3 is 19.4 Å². The fourth-order valence-electron chi connectivity index (χ4n) is 4.49. The highest BCUT2D eigenvalue weighted by Crippen LogP contribution is 2.46. The Balaban J connectivity index is 2.51. The molecule has 2 rings (SSSR count). The second kappa shape index (κ2) is 8.40. The van der Waals surface area contributed by atoms with Crippen LogP contribution in [0.5, 0.6) is 0 Å². The number of aliphatic hydroxyl groups excluding tert-OH is 2. The minimum atomic E-state index is -2.39. The third-order valence-electron chi connectivity index (χ3n) is 5.67. The van der Waals surface area contributed by atoms with Crippen molar-refractivity contribution in [3.63, 3.8) is 0 Å². The van der Waals surface area contributed by atoms with Gasteiger partial charge in [0.05, 0.1) is 6.61 Å². The number of rotatable bonds is 7. The molecule has 9 heteroatoms. The fraction of sp³-hybridized carbons (Fsp3) is 0.778. The third kappa shape index (κ3) is 3.97. The average molecular weight is 401 g/mol. The van der Waals surface area contributed by atoms with Gasteiger partial charge in [0.15, 0.2) is 6.23 Å². The fourth-order valence-corrected chi connectivity index (χ4v) is 10.0. The van der Waals surface area contributed by atoms with Crippen molar-refractivity contribution in [1.29, 1.82) is 0 Å². The number of ether oxygens (including phenoxy) is 1. The first-order valence-electron chi connectivity index (χ1n) is 9.49. The molecule has 1 aromatic heterocycles. The topological polar surface area (TPSA) is 114 Å². The van der Waals surface area contributed by atoms with Crippen molar-refractivity contribution >= 4 is 8.32 Å². The van der Waals surface area contributed by atoms with E-state index in [1.165, 1.54) is 16.8 Å². The summed E-state index contributed by atoms with van der Waals surface area (Å²) in [4.78, 5) is 25.9. The number of aromatic amines is 1. The van der Waals surface area contributed by atoms with Gasteiger partial charge in [-0.2, -0.15) is 0 Å². The minimum absolute atomic E-state index is 0.269. The molecule has 1 saturated heterocycles. The zero-order chi connectivity index (χ0) is 20.5. The lowest BCUT2D eigenvalue weighted by molar-refractivity contribution is -0.0538. The van der Waals surface area contributed by atoms with Crippen LogP contribution < -0.4 is 11.2 Å². The Morgan fingerprint density at radius 3 is 2.19 bits per heavy atom. The van der Waals surface area contributed by atoms with E-state index in [4.69, 9.17) is 9.16 Å². The summed E-state index contributed by atoms with van der Waals surface area (Å²) in [6.07, 6.45) is -2.36. The molecule has 4 atom stereocenters. The number of H-pyrrole nitrogens is 1. The van der Waals surface area contributed by atoms with Crippen molar-refractivity contribution in [3.05, 3.63) is 33.1 Å². The monoisotopic (exact) mass is 400 g/mol. The van der Waals surface area contributed by atoms with Crippen LogP contribution in [0.2, 0.25) is 16.6 Å². The molecule has 3 N–H and O–H groups in total. The number of nitrogens with zero attached hydrogens (tertiary/aromatic N) is 1. The maximum Gasteiger partial charge on any atom is 0.330 e. The van der Waals surface area contributed by atoms with Crippen molar-refractivity contribution in [2.75, 3.05) is 6.61 Å². The van der Waals surface area contributed by atoms with Gasteiger partial charge in [0.2, 0.25) is 8.32 Å². The van der Waals surface area contributed by atoms with E-state index < -0.39 is 50.7 Å². The molecule has 0 spiro atoms. The van der Waals surface area contributed by atoms with Crippen LogP contribution in [-0.2, 0) is 9.16 Å². The maximum atomic E-state index is 12.3. The molecule has 0 unspecified atom stereocenters. The van der Waals surface area contributed by atoms with E-state index in [9.17, 15) is 19.8 Å². The van der Waals surface area contributed by atoms with Crippen molar-refractivity contribution < 1.29 is 19.4 Å². The third-order valence-corrected chi connectivity index (χ3v) is 11.8. The summed E-state index contributed by atoms with van der Waals surface area (Å²) in [6, 6.07) is 1.22. The minimum Gasteiger partial charge on any atom is -0.406 e. The van der Waals surface area contributed by atoms with Crippen LogP contribution in [0.3, 0.4) is 0 Å². The largest absolute Gasteiger partial charge is 0.406 e. The summed E-state index contributed by atoms with van der Waals surface area (Å²) >= 11 is 0. The van der Waals surface area contributed by atoms with Crippen molar-refractivity contribution in [3.8, 4) is 0 Å². The Kier molecular flexibility index (Phi) is 6.85. The Bertz CT molecular complexity index is 722. The number of hydrogen-bond donors (Lipinski definition) is 3. The lowest BCUT2D eigenvalue weighted by Gasteiger charge is -2.45. The quantitative estimate of drug-likeness (QED) is 0.595. The van der Waals surface area contributed by atoms with Crippen LogP contribution in [0, 0.1) is 0 Å². The van der Waals surface area contributed by atoms with E-state index in [1.54, 1.807) is 0 Å². The van der Waals surface area contributed by atoms with Gasteiger partial charge in [0.1, 0.15) is 18.3 Å². The predicted molar refractivity (Wildman–Crippen MR) is 104 cm³/mol. The van der Waals surface area contributed by atoms with Gasteiger partial charge in [0, 0.05) is 12.3 Å². The zero-order valence-corrected chi connectivity index (χ0v) is 17.9. The Morgan fingerprint density at radius 1 is 1.19 bits per heavy atom. The molecule has 27 heavy (non-hydrogen) atoms. The first-order chi connectivity index (χ1) is 12.6. The molecule has 0 bridgehead atoms. The summed E-state index contributed by atoms with van der Waals surface area (Å²) < 4.78 is 13.7. The van der Waals surface area contributed by atoms with Crippen molar-refractivity contribution in [1.82, 2.24) is 9.55 Å². The second-order valence-electron chi connectivity index (χ2n) is 8.16. The standard InChI is InChI=1S/C18H32N2O6Si/c1-10(2)27(11(3)4,12(5)6)26-16-15(23)13(9-21)25-17(16)20-8-7-14(22)19-18(20)24/h7-8,10-13,15-17,21,23H,9H2,1-6H3,(H,19,22,24)/t13-,15-,16-,17-/m1/s1. The number of nitrogens with one attached hydrogen (secondary N) is 1. The van der Waals surface area contributed by atoms with E-state index in [2.05, 4.69) is 46.5 Å². The summed E-state index contributed by atoms with van der Waals surface area (Å²) in [7, 11) is -2.39. The summed E-state index contributed by atoms with van der Waals surface area (Å²) in [5.74, 6) is 0. The first kappa shape index (κ1) is 22.0. The molecular formula is C18H32N2O6Si. The van der Waals surface area contributed by atoms with E-state index in [1.807, 2.05) is 0 Å². The van der Waals surface area contributed by atoms with Crippen LogP contribution in [0.15, 0.2) is 21.9 Å². The van der Waals surface area contributed by atoms with Gasteiger partial charge in [-0.25, -0.2) is 4.79 Å². The van der Waals surface area contributed by atoms with Gasteiger partial charge in [-0.1, -0.05) is 41.5 Å². The van der Waals surface area contributed by atoms with Crippen LogP contribution >= 0.6 is 0 Å². The lowest BCUT2D eigenvalue weighted by Crippen LogP contribution is -2.54. The van der Waals surface area contributed by atoms with Gasteiger partial charge in [-0.15, -0.1) is 0 Å². The Labute approximate surface area is 160 Å². The van der Waals surface area contributed by atoms with Gasteiger partial charge in [-0.3, -0.25) is 14.3 Å². The van der Waals surface area contributed by atoms with Crippen LogP contribution in [0.4, 0.5) is 0 Å². The number of hydrogen-bond acceptors (Lipinski definition) is 6. The molecule has 0 aliphatic carbocycles. The van der Waals surface area contributed by atoms with Gasteiger partial charge in [0.25, 0.3) is 5.56 Å². The van der Waals surface area contributed by atoms with Crippen LogP contribution in [0.25, 0.3) is 0 Å². The Morgan fingerprint density at radius 2 is 1.74 bits per heavy atom. The Hall–Kier alpha value is -1.26. The summed E-state index contributed by atoms with van der Waals surface area (Å²) in [5.41, 5.74) is -0.346. The van der Waals surface area contributed by atoms with E-state index in [0.717, 1.165) is 0 Å². The van der Waals surface area contributed by atoms with E-state index >= 15 is 0 Å². The summed E-state index contributed by atoms with van der Waals surface area (Å²) in [6.45, 7) is 12.4. The zero-order valence-electron chi connectivity index (χ0n) is 16.9. The molecular weight excluding hydrogens is 368 g/mol. The highest BCUT2D eigenvalue weighted by molar-refractivity contribution is 6.77. The number of aliphatic hydroxyl groups is 2. The molecule has 0 aromatic carbocycles. The molecule has 0 amide bonds. The summed E-state index contributed by atoms with van der Waals surface area (Å²) in [5, 5.41) is 20.3. The highest BCUT2D eigenvalue weighted by atomic mass is 28.4. The number of aromatic nitrogens is 2. The van der Waals surface area contributed by atoms with E-state index in [0.29, 0.717) is 0 Å². The predicted octanol–water partition coefficient (Wildman–Crippen LogP) is 1.35. The van der Waals surface area contributed by atoms with Gasteiger partial charge in [-0.05, 0) is 16.6 Å². The average Bonchev–Trinajstić information content (AvgIpc) is 2.87. The SMILES string of the molecule is CC(C)[Si](O[C@@H]1[C@H](O)[C@@H](CO)O[C@H]1n1ccc(=O)[nH]c1=O)(C(C)C)C(C)C. The van der Waals surface area contributed by atoms with Crippen molar-refractivity contribution in [2.45, 2.75) is 82.7 Å². The molecule has 2 heterocycles. The second-order valence-corrected chi connectivity index (χ2v) is 13.6. The first-order valence-corrected chi connectivity index (χ1v) is 11.6. The van der Waals surface area contributed by atoms with Crippen LogP contribution in [-0.4, -0.2) is 53.0 Å². The van der Waals surface area contributed by atoms with Crippen LogP contribution in [0.1, 0.15) is 47.8 Å².